The summed E-state index contributed by atoms with van der Waals surface area (Å²) in [6.07, 6.45) is 0. The molecule has 2 heterocycles. The molecule has 1 aromatic heterocycles. The van der Waals surface area contributed by atoms with Gasteiger partial charge in [-0.2, -0.15) is 0 Å². The number of hydrogen-bond acceptors (Lipinski definition) is 2. The molecule has 0 saturated heterocycles. The quantitative estimate of drug-likeness (QED) is 0.169. The van der Waals surface area contributed by atoms with Gasteiger partial charge in [0.2, 0.25) is 0 Å². The Morgan fingerprint density at radius 1 is 0.381 bits per heavy atom. The van der Waals surface area contributed by atoms with Crippen LogP contribution in [-0.2, 0) is 16.2 Å². The Morgan fingerprint density at radius 3 is 1.67 bits per heavy atom. The van der Waals surface area contributed by atoms with Gasteiger partial charge >= 0.3 is 0 Å². The molecule has 302 valence electrons. The van der Waals surface area contributed by atoms with Crippen molar-refractivity contribution in [2.75, 3.05) is 0 Å². The van der Waals surface area contributed by atoms with Crippen LogP contribution in [0.5, 0.6) is 11.5 Å². The number of hydrogen-bond donors (Lipinski definition) is 0. The maximum absolute atomic E-state index is 6.82. The molecule has 0 N–H and O–H groups in total. The van der Waals surface area contributed by atoms with Gasteiger partial charge in [-0.3, -0.25) is 0 Å². The maximum atomic E-state index is 6.82. The van der Waals surface area contributed by atoms with Gasteiger partial charge in [0, 0.05) is 36.7 Å². The highest BCUT2D eigenvalue weighted by molar-refractivity contribution is 7.26. The summed E-state index contributed by atoms with van der Waals surface area (Å²) in [6, 6.07) is 64.6. The zero-order valence-corrected chi connectivity index (χ0v) is 37.3. The molecular formula is C61H46OS. The van der Waals surface area contributed by atoms with Gasteiger partial charge in [0.05, 0.1) is 5.41 Å². The predicted octanol–water partition coefficient (Wildman–Crippen LogP) is 17.3. The summed E-state index contributed by atoms with van der Waals surface area (Å²) < 4.78 is 9.46. The van der Waals surface area contributed by atoms with E-state index >= 15 is 0 Å². The van der Waals surface area contributed by atoms with Crippen molar-refractivity contribution < 1.29 is 4.74 Å². The molecule has 3 aliphatic rings. The third-order valence-corrected chi connectivity index (χ3v) is 15.7. The Kier molecular flexibility index (Phi) is 7.42. The maximum Gasteiger partial charge on any atom is 0.135 e. The van der Waals surface area contributed by atoms with E-state index in [1.807, 2.05) is 11.3 Å². The van der Waals surface area contributed by atoms with Crippen molar-refractivity contribution in [1.82, 2.24) is 0 Å². The lowest BCUT2D eigenvalue weighted by Gasteiger charge is -2.33. The van der Waals surface area contributed by atoms with Crippen LogP contribution in [0.2, 0.25) is 0 Å². The number of thiophene rings is 1. The zero-order valence-electron chi connectivity index (χ0n) is 36.5. The van der Waals surface area contributed by atoms with Crippen LogP contribution in [0.15, 0.2) is 170 Å². The van der Waals surface area contributed by atoms with Crippen LogP contribution in [0, 0.1) is 0 Å². The van der Waals surface area contributed by atoms with Crippen LogP contribution in [-0.4, -0.2) is 0 Å². The fourth-order valence-electron chi connectivity index (χ4n) is 11.3. The van der Waals surface area contributed by atoms with Crippen molar-refractivity contribution in [3.05, 3.63) is 203 Å². The molecular weight excluding hydrogens is 781 g/mol. The van der Waals surface area contributed by atoms with E-state index in [-0.39, 0.29) is 10.8 Å². The summed E-state index contributed by atoms with van der Waals surface area (Å²) in [5, 5.41) is 5.02. The van der Waals surface area contributed by atoms with E-state index < -0.39 is 5.41 Å². The van der Waals surface area contributed by atoms with Crippen LogP contribution < -0.4 is 4.74 Å². The van der Waals surface area contributed by atoms with E-state index in [4.69, 9.17) is 4.74 Å². The second-order valence-electron chi connectivity index (χ2n) is 20.0. The molecule has 9 aromatic carbocycles. The van der Waals surface area contributed by atoms with Gasteiger partial charge in [-0.15, -0.1) is 11.3 Å². The van der Waals surface area contributed by atoms with Gasteiger partial charge in [0.25, 0.3) is 0 Å². The van der Waals surface area contributed by atoms with Crippen LogP contribution in [0.1, 0.15) is 74.9 Å². The van der Waals surface area contributed by atoms with Gasteiger partial charge in [0.15, 0.2) is 0 Å². The van der Waals surface area contributed by atoms with Crippen molar-refractivity contribution in [2.24, 2.45) is 0 Å². The van der Waals surface area contributed by atoms with Crippen LogP contribution in [0.4, 0.5) is 0 Å². The van der Waals surface area contributed by atoms with Crippen LogP contribution in [0.3, 0.4) is 0 Å². The minimum absolute atomic E-state index is 0.00372. The molecule has 1 aliphatic heterocycles. The molecule has 0 radical (unpaired) electrons. The Bertz CT molecular complexity index is 3560. The normalized spacial score (nSPS) is 14.1. The topological polar surface area (TPSA) is 9.23 Å². The van der Waals surface area contributed by atoms with E-state index in [0.717, 1.165) is 17.1 Å². The molecule has 0 atom stereocenters. The van der Waals surface area contributed by atoms with E-state index in [9.17, 15) is 0 Å². The molecule has 1 spiro atoms. The Balaban J connectivity index is 1.01. The minimum atomic E-state index is -0.454. The Morgan fingerprint density at radius 2 is 0.921 bits per heavy atom. The first kappa shape index (κ1) is 36.9. The van der Waals surface area contributed by atoms with E-state index in [2.05, 4.69) is 211 Å². The molecule has 10 aromatic rings. The van der Waals surface area contributed by atoms with Crippen molar-refractivity contribution in [3.8, 4) is 67.1 Å². The highest BCUT2D eigenvalue weighted by Crippen LogP contribution is 2.64. The second kappa shape index (κ2) is 12.7. The Labute approximate surface area is 373 Å². The van der Waals surface area contributed by atoms with Gasteiger partial charge in [-0.05, 0) is 131 Å². The molecule has 63 heavy (non-hydrogen) atoms. The summed E-state index contributed by atoms with van der Waals surface area (Å²) >= 11 is 1.88. The molecule has 13 rings (SSSR count). The van der Waals surface area contributed by atoms with E-state index in [1.54, 1.807) is 0 Å². The lowest BCUT2D eigenvalue weighted by atomic mass is 9.68. The molecule has 0 fully saturated rings. The molecule has 0 bridgehead atoms. The first-order valence-electron chi connectivity index (χ1n) is 22.3. The first-order valence-corrected chi connectivity index (χ1v) is 23.1. The van der Waals surface area contributed by atoms with Gasteiger partial charge in [0.1, 0.15) is 11.5 Å². The Hall–Kier alpha value is -6.74. The second-order valence-corrected chi connectivity index (χ2v) is 21.1. The van der Waals surface area contributed by atoms with Gasteiger partial charge in [-0.1, -0.05) is 175 Å². The standard InChI is InChI=1S/C61H46OS/c1-59(2,3)37-23-26-42-43-27-24-38(60(4,5)6)34-53(43)61(52(42)33-37)50-19-9-7-13-40(50)41-25-21-36(32-51(41)61)35-22-29-54-49(31-35)46-16-11-15-45-39(28-30-55(62-54)57(45)46)47-17-12-18-48-44-14-8-10-20-56(44)63-58(47)48/h7-34H,1-6H3. The van der Waals surface area contributed by atoms with Crippen molar-refractivity contribution in [2.45, 2.75) is 57.8 Å². The SMILES string of the molecule is CC(C)(C)c1ccc2c(c1)C1(c3ccccc3-c3ccc(-c4ccc5c(c4)-c4cccc6c(-c7cccc8c7sc7ccccc78)ccc(c46)O5)cc31)c1cc(C(C)(C)C)ccc1-2. The molecule has 0 saturated carbocycles. The lowest BCUT2D eigenvalue weighted by molar-refractivity contribution is 0.487. The summed E-state index contributed by atoms with van der Waals surface area (Å²) in [7, 11) is 0. The largest absolute Gasteiger partial charge is 0.456 e. The third-order valence-electron chi connectivity index (χ3n) is 14.4. The molecule has 0 amide bonds. The average Bonchev–Trinajstić information content (AvgIpc) is 3.92. The lowest BCUT2D eigenvalue weighted by Crippen LogP contribution is -2.27. The number of benzene rings is 9. The highest BCUT2D eigenvalue weighted by Gasteiger charge is 2.52. The van der Waals surface area contributed by atoms with Crippen molar-refractivity contribution in [1.29, 1.82) is 0 Å². The summed E-state index contributed by atoms with van der Waals surface area (Å²) in [5.41, 5.74) is 20.4. The third kappa shape index (κ3) is 5.05. The van der Waals surface area contributed by atoms with Gasteiger partial charge < -0.3 is 4.74 Å². The number of ether oxygens (including phenoxy) is 1. The molecule has 2 heteroatoms. The average molecular weight is 827 g/mol. The van der Waals surface area contributed by atoms with Gasteiger partial charge in [-0.25, -0.2) is 0 Å². The van der Waals surface area contributed by atoms with E-state index in [1.165, 1.54) is 114 Å². The van der Waals surface area contributed by atoms with Crippen molar-refractivity contribution in [3.63, 3.8) is 0 Å². The summed E-state index contributed by atoms with van der Waals surface area (Å²) in [5.74, 6) is 1.80. The highest BCUT2D eigenvalue weighted by atomic mass is 32.1. The monoisotopic (exact) mass is 826 g/mol. The summed E-state index contributed by atoms with van der Waals surface area (Å²) in [6.45, 7) is 14.0. The minimum Gasteiger partial charge on any atom is -0.456 e. The smallest absolute Gasteiger partial charge is 0.135 e. The van der Waals surface area contributed by atoms with Crippen LogP contribution >= 0.6 is 11.3 Å². The fraction of sp³-hybridized carbons (Fsp3) is 0.148. The fourth-order valence-corrected chi connectivity index (χ4v) is 12.5. The molecule has 0 unspecified atom stereocenters. The number of rotatable bonds is 2. The van der Waals surface area contributed by atoms with Crippen molar-refractivity contribution >= 4 is 42.3 Å². The molecule has 1 nitrogen and oxygen atoms in total. The first-order chi connectivity index (χ1) is 30.5. The predicted molar refractivity (Wildman–Crippen MR) is 267 cm³/mol. The zero-order chi connectivity index (χ0) is 42.6. The van der Waals surface area contributed by atoms with Crippen LogP contribution in [0.25, 0.3) is 86.6 Å². The summed E-state index contributed by atoms with van der Waals surface area (Å²) in [4.78, 5) is 0. The van der Waals surface area contributed by atoms with E-state index in [0.29, 0.717) is 0 Å². The number of fused-ring (bicyclic) bond motifs is 15. The molecule has 2 aliphatic carbocycles.